The summed E-state index contributed by atoms with van der Waals surface area (Å²) < 4.78 is 12.6. The van der Waals surface area contributed by atoms with Crippen molar-refractivity contribution >= 4 is 17.4 Å². The highest BCUT2D eigenvalue weighted by Gasteiger charge is 2.52. The molecule has 0 aromatic heterocycles. The van der Waals surface area contributed by atoms with Gasteiger partial charge in [0.15, 0.2) is 5.78 Å². The van der Waals surface area contributed by atoms with Crippen molar-refractivity contribution in [2.75, 3.05) is 18.5 Å². The molecule has 0 saturated carbocycles. The number of rotatable bonds is 2. The summed E-state index contributed by atoms with van der Waals surface area (Å²) in [5.41, 5.74) is 0.773. The Labute approximate surface area is 128 Å². The number of carbonyl (C=O) groups is 2. The predicted octanol–water partition coefficient (Wildman–Crippen LogP) is 1.90. The van der Waals surface area contributed by atoms with Gasteiger partial charge in [-0.05, 0) is 18.1 Å². The van der Waals surface area contributed by atoms with E-state index < -0.39 is 23.9 Å². The van der Waals surface area contributed by atoms with Gasteiger partial charge in [-0.25, -0.2) is 4.39 Å². The zero-order valence-electron chi connectivity index (χ0n) is 12.0. The number of Topliss-reactive ketones (excluding diaryl/α,β-unsaturated/α-hetero) is 1. The molecule has 114 valence electrons. The molecule has 1 amide bonds. The van der Waals surface area contributed by atoms with E-state index in [0.29, 0.717) is 6.54 Å². The molecule has 1 saturated heterocycles. The highest BCUT2D eigenvalue weighted by atomic mass is 19.1. The van der Waals surface area contributed by atoms with Crippen molar-refractivity contribution in [2.45, 2.75) is 17.9 Å². The molecule has 2 N–H and O–H groups in total. The third-order valence-corrected chi connectivity index (χ3v) is 4.29. The van der Waals surface area contributed by atoms with Gasteiger partial charge in [-0.15, -0.1) is 0 Å². The number of hydrogen-bond acceptors (Lipinski definition) is 3. The second-order valence-electron chi connectivity index (χ2n) is 5.59. The van der Waals surface area contributed by atoms with Gasteiger partial charge >= 0.3 is 0 Å². The van der Waals surface area contributed by atoms with Gasteiger partial charge in [0.25, 0.3) is 0 Å². The van der Waals surface area contributed by atoms with E-state index in [1.54, 1.807) is 0 Å². The van der Waals surface area contributed by atoms with E-state index in [1.807, 2.05) is 48.5 Å². The highest BCUT2D eigenvalue weighted by Crippen LogP contribution is 2.42. The lowest BCUT2D eigenvalue weighted by atomic mass is 9.79. The first kappa shape index (κ1) is 14.7. The van der Waals surface area contributed by atoms with E-state index in [0.717, 1.165) is 11.3 Å². The third kappa shape index (κ3) is 2.37. The Bertz CT molecular complexity index is 675. The van der Waals surface area contributed by atoms with Crippen molar-refractivity contribution in [1.29, 1.82) is 0 Å². The van der Waals surface area contributed by atoms with E-state index >= 15 is 0 Å². The average Bonchev–Trinajstić information content (AvgIpc) is 3.08. The molecule has 4 nitrogen and oxygen atoms in total. The number of fused-ring (bicyclic) bond motifs is 2. The van der Waals surface area contributed by atoms with Gasteiger partial charge in [-0.2, -0.15) is 0 Å². The fourth-order valence-corrected chi connectivity index (χ4v) is 3.12. The molecule has 0 radical (unpaired) electrons. The largest absolute Gasteiger partial charge is 0.325 e. The summed E-state index contributed by atoms with van der Waals surface area (Å²) in [6.45, 7) is -0.670. The second kappa shape index (κ2) is 5.85. The molecule has 1 aromatic rings. The van der Waals surface area contributed by atoms with Crippen LogP contribution >= 0.6 is 0 Å². The van der Waals surface area contributed by atoms with Crippen LogP contribution in [-0.4, -0.2) is 31.0 Å². The van der Waals surface area contributed by atoms with Gasteiger partial charge in [0, 0.05) is 12.2 Å². The Balaban J connectivity index is 2.07. The Morgan fingerprint density at radius 2 is 1.86 bits per heavy atom. The maximum atomic E-state index is 12.6. The van der Waals surface area contributed by atoms with E-state index in [4.69, 9.17) is 0 Å². The van der Waals surface area contributed by atoms with Gasteiger partial charge in [0.1, 0.15) is 6.67 Å². The van der Waals surface area contributed by atoms with Crippen LogP contribution in [0.4, 0.5) is 10.1 Å². The molecule has 2 heterocycles. The first-order chi connectivity index (χ1) is 10.7. The Morgan fingerprint density at radius 3 is 2.59 bits per heavy atom. The Hall–Kier alpha value is -2.27. The van der Waals surface area contributed by atoms with E-state index in [2.05, 4.69) is 10.6 Å². The summed E-state index contributed by atoms with van der Waals surface area (Å²) in [5, 5.41) is 5.87. The van der Waals surface area contributed by atoms with Crippen LogP contribution in [0.2, 0.25) is 0 Å². The van der Waals surface area contributed by atoms with E-state index in [-0.39, 0.29) is 12.3 Å². The number of nitrogens with one attached hydrogen (secondary N) is 2. The van der Waals surface area contributed by atoms with Crippen LogP contribution in [0.15, 0.2) is 48.5 Å². The first-order valence-electron chi connectivity index (χ1n) is 7.24. The molecule has 0 aliphatic carbocycles. The zero-order chi connectivity index (χ0) is 15.6. The van der Waals surface area contributed by atoms with Crippen LogP contribution < -0.4 is 10.6 Å². The minimum atomic E-state index is -1.01. The molecule has 2 atom stereocenters. The number of ketones is 1. The van der Waals surface area contributed by atoms with Crippen LogP contribution in [0.25, 0.3) is 0 Å². The molecule has 1 aromatic carbocycles. The van der Waals surface area contributed by atoms with Gasteiger partial charge < -0.3 is 10.6 Å². The van der Waals surface area contributed by atoms with E-state index in [1.165, 1.54) is 0 Å². The van der Waals surface area contributed by atoms with Gasteiger partial charge in [0.05, 0.1) is 11.5 Å². The summed E-state index contributed by atoms with van der Waals surface area (Å²) in [6.07, 6.45) is 0.290. The van der Waals surface area contributed by atoms with Gasteiger partial charge in [-0.1, -0.05) is 42.5 Å². The van der Waals surface area contributed by atoms with Crippen molar-refractivity contribution < 1.29 is 14.0 Å². The number of hydrogen-bond donors (Lipinski definition) is 2. The smallest absolute Gasteiger partial charge is 0.236 e. The quantitative estimate of drug-likeness (QED) is 0.877. The predicted molar refractivity (Wildman–Crippen MR) is 81.8 cm³/mol. The SMILES string of the molecule is O=C(CF)C1CC2(CN1)C(=O)Nc1ccccccccc12. The summed E-state index contributed by atoms with van der Waals surface area (Å²) in [7, 11) is 0. The summed E-state index contributed by atoms with van der Waals surface area (Å²) >= 11 is 0. The number of halogens is 1. The highest BCUT2D eigenvalue weighted by molar-refractivity contribution is 6.07. The molecule has 5 heteroatoms. The maximum Gasteiger partial charge on any atom is 0.236 e. The van der Waals surface area contributed by atoms with Gasteiger partial charge in [0.2, 0.25) is 5.91 Å². The summed E-state index contributed by atoms with van der Waals surface area (Å²) in [5.74, 6) is -0.637. The maximum absolute atomic E-state index is 12.6. The van der Waals surface area contributed by atoms with Gasteiger partial charge in [-0.3, -0.25) is 9.59 Å². The van der Waals surface area contributed by atoms with Crippen molar-refractivity contribution in [2.24, 2.45) is 0 Å². The fourth-order valence-electron chi connectivity index (χ4n) is 3.12. The number of anilines is 1. The van der Waals surface area contributed by atoms with Crippen LogP contribution in [0.3, 0.4) is 0 Å². The topological polar surface area (TPSA) is 58.2 Å². The molecule has 3 rings (SSSR count). The number of amides is 1. The molecule has 1 fully saturated rings. The molecule has 2 unspecified atom stereocenters. The Kier molecular flexibility index (Phi) is 3.90. The monoisotopic (exact) mass is 300 g/mol. The van der Waals surface area contributed by atoms with Crippen molar-refractivity contribution in [3.63, 3.8) is 0 Å². The first-order valence-corrected chi connectivity index (χ1v) is 7.24. The van der Waals surface area contributed by atoms with Crippen molar-refractivity contribution in [3.8, 4) is 0 Å². The fraction of sp³-hybridized carbons (Fsp3) is 0.294. The van der Waals surface area contributed by atoms with E-state index in [9.17, 15) is 14.0 Å². The average molecular weight is 300 g/mol. The lowest BCUT2D eigenvalue weighted by molar-refractivity contribution is -0.122. The lowest BCUT2D eigenvalue weighted by Gasteiger charge is -2.19. The molecular weight excluding hydrogens is 283 g/mol. The number of carbonyl (C=O) groups excluding carboxylic acids is 2. The lowest BCUT2D eigenvalue weighted by Crippen LogP contribution is -2.36. The molecule has 1 spiro atoms. The summed E-state index contributed by atoms with van der Waals surface area (Å²) in [6, 6.07) is 14.4. The zero-order valence-corrected chi connectivity index (χ0v) is 12.0. The van der Waals surface area contributed by atoms with Crippen LogP contribution in [0.5, 0.6) is 0 Å². The minimum absolute atomic E-state index is 0.138. The second-order valence-corrected chi connectivity index (χ2v) is 5.59. The van der Waals surface area contributed by atoms with Crippen LogP contribution in [0.1, 0.15) is 12.0 Å². The molecule has 2 aliphatic rings. The van der Waals surface area contributed by atoms with Crippen molar-refractivity contribution in [1.82, 2.24) is 5.32 Å². The Morgan fingerprint density at radius 1 is 1.18 bits per heavy atom. The van der Waals surface area contributed by atoms with Crippen LogP contribution in [-0.2, 0) is 15.0 Å². The van der Waals surface area contributed by atoms with Crippen molar-refractivity contribution in [3.05, 3.63) is 54.1 Å². The van der Waals surface area contributed by atoms with Crippen LogP contribution in [0, 0.1) is 0 Å². The molecule has 0 bridgehead atoms. The minimum Gasteiger partial charge on any atom is -0.325 e. The third-order valence-electron chi connectivity index (χ3n) is 4.29. The standard InChI is InChI=1S/C17H17FN2O2/c18-10-15(21)14-9-17(11-19-14)12-7-5-3-1-2-4-6-8-13(12)20-16(17)22/h1-8,14,19H,9-11H2,(H,20,22). The molecular formula is C17H17FN2O2. The summed E-state index contributed by atoms with van der Waals surface area (Å²) in [4.78, 5) is 24.1. The number of alkyl halides is 1. The molecule has 2 aliphatic heterocycles. The molecule has 22 heavy (non-hydrogen) atoms. The normalized spacial score (nSPS) is 25.5.